The summed E-state index contributed by atoms with van der Waals surface area (Å²) in [6, 6.07) is 0. The molecule has 1 aliphatic rings. The second kappa shape index (κ2) is 10.9. The molecule has 0 aliphatic carbocycles. The van der Waals surface area contributed by atoms with Crippen LogP contribution < -0.4 is 5.73 Å². The van der Waals surface area contributed by atoms with E-state index in [0.29, 0.717) is 6.61 Å². The summed E-state index contributed by atoms with van der Waals surface area (Å²) in [4.78, 5) is 2.35. The molecule has 1 rings (SSSR count). The van der Waals surface area contributed by atoms with Crippen molar-refractivity contribution in [2.24, 2.45) is 10.9 Å². The molecule has 0 saturated carbocycles. The number of rotatable bonds is 10. The minimum atomic E-state index is -0.247. The van der Waals surface area contributed by atoms with Gasteiger partial charge in [-0.05, 0) is 13.0 Å². The van der Waals surface area contributed by atoms with Gasteiger partial charge < -0.3 is 15.7 Å². The molecule has 0 radical (unpaired) electrons. The van der Waals surface area contributed by atoms with E-state index >= 15 is 0 Å². The van der Waals surface area contributed by atoms with Crippen LogP contribution in [0.2, 0.25) is 0 Å². The van der Waals surface area contributed by atoms with Crippen molar-refractivity contribution in [3.8, 4) is 0 Å². The van der Waals surface area contributed by atoms with Crippen LogP contribution in [-0.4, -0.2) is 48.3 Å². The number of nitrogens with two attached hydrogens (primary N) is 1. The highest BCUT2D eigenvalue weighted by Crippen LogP contribution is 2.11. The van der Waals surface area contributed by atoms with Crippen LogP contribution in [0.5, 0.6) is 0 Å². The molecule has 1 aliphatic heterocycles. The fraction of sp³-hybridized carbons (Fsp3) is 0.933. The number of ether oxygens (including phenoxy) is 1. The molecule has 0 bridgehead atoms. The van der Waals surface area contributed by atoms with Crippen molar-refractivity contribution < 1.29 is 9.94 Å². The van der Waals surface area contributed by atoms with Crippen LogP contribution in [0.25, 0.3) is 0 Å². The van der Waals surface area contributed by atoms with Crippen molar-refractivity contribution in [2.75, 3.05) is 26.2 Å². The van der Waals surface area contributed by atoms with Crippen LogP contribution in [0.4, 0.5) is 0 Å². The quantitative estimate of drug-likeness (QED) is 0.213. The average Bonchev–Trinajstić information content (AvgIpc) is 2.49. The summed E-state index contributed by atoms with van der Waals surface area (Å²) in [5, 5.41) is 11.7. The molecule has 118 valence electrons. The summed E-state index contributed by atoms with van der Waals surface area (Å²) in [6.45, 7) is 5.70. The number of nitrogens with zero attached hydrogens (tertiary/aromatic N) is 2. The zero-order chi connectivity index (χ0) is 14.6. The largest absolute Gasteiger partial charge is 0.409 e. The number of unbranched alkanes of at least 4 members (excludes halogenated alkanes) is 7. The lowest BCUT2D eigenvalue weighted by Crippen LogP contribution is -2.48. The molecule has 0 aromatic rings. The first-order chi connectivity index (χ1) is 9.77. The Hall–Kier alpha value is -0.810. The van der Waals surface area contributed by atoms with Crippen molar-refractivity contribution in [2.45, 2.75) is 64.4 Å². The Bertz CT molecular complexity index is 272. The summed E-state index contributed by atoms with van der Waals surface area (Å²) in [5.74, 6) is 0.186. The predicted molar refractivity (Wildman–Crippen MR) is 82.2 cm³/mol. The second-order valence-electron chi connectivity index (χ2n) is 5.66. The van der Waals surface area contributed by atoms with Crippen molar-refractivity contribution in [1.29, 1.82) is 0 Å². The Morgan fingerprint density at radius 3 is 2.50 bits per heavy atom. The summed E-state index contributed by atoms with van der Waals surface area (Å²) in [5.41, 5.74) is 5.59. The normalized spacial score (nSPS) is 21.2. The third kappa shape index (κ3) is 7.10. The van der Waals surface area contributed by atoms with Gasteiger partial charge in [0, 0.05) is 13.1 Å². The zero-order valence-electron chi connectivity index (χ0n) is 12.9. The van der Waals surface area contributed by atoms with Crippen LogP contribution in [0.3, 0.4) is 0 Å². The molecule has 0 amide bonds. The Morgan fingerprint density at radius 1 is 1.20 bits per heavy atom. The number of hydrogen-bond donors (Lipinski definition) is 2. The minimum Gasteiger partial charge on any atom is -0.409 e. The highest BCUT2D eigenvalue weighted by atomic mass is 16.5. The van der Waals surface area contributed by atoms with Gasteiger partial charge in [-0.15, -0.1) is 0 Å². The summed E-state index contributed by atoms with van der Waals surface area (Å²) in [6.07, 6.45) is 10.5. The van der Waals surface area contributed by atoms with Crippen LogP contribution in [-0.2, 0) is 4.74 Å². The van der Waals surface area contributed by atoms with Gasteiger partial charge in [0.05, 0.1) is 6.61 Å². The third-order valence-electron chi connectivity index (χ3n) is 3.92. The van der Waals surface area contributed by atoms with Gasteiger partial charge in [0.2, 0.25) is 0 Å². The van der Waals surface area contributed by atoms with E-state index in [2.05, 4.69) is 17.0 Å². The number of hydrogen-bond acceptors (Lipinski definition) is 4. The zero-order valence-corrected chi connectivity index (χ0v) is 12.9. The molecule has 1 heterocycles. The maximum Gasteiger partial charge on any atom is 0.169 e. The fourth-order valence-corrected chi connectivity index (χ4v) is 2.62. The molecule has 1 fully saturated rings. The SMILES string of the molecule is CCCCCCCCCCN1CCOC(C(N)=NO)C1. The Balaban J connectivity index is 2.01. The second-order valence-corrected chi connectivity index (χ2v) is 5.66. The van der Waals surface area contributed by atoms with Gasteiger partial charge in [0.1, 0.15) is 6.10 Å². The highest BCUT2D eigenvalue weighted by molar-refractivity contribution is 5.84. The summed E-state index contributed by atoms with van der Waals surface area (Å²) >= 11 is 0. The smallest absolute Gasteiger partial charge is 0.169 e. The van der Waals surface area contributed by atoms with E-state index < -0.39 is 0 Å². The molecule has 0 aromatic carbocycles. The maximum absolute atomic E-state index is 8.67. The molecule has 5 heteroatoms. The van der Waals surface area contributed by atoms with Gasteiger partial charge in [-0.25, -0.2) is 0 Å². The van der Waals surface area contributed by atoms with Gasteiger partial charge in [-0.2, -0.15) is 0 Å². The van der Waals surface area contributed by atoms with Gasteiger partial charge in [0.15, 0.2) is 5.84 Å². The van der Waals surface area contributed by atoms with Crippen LogP contribution in [0, 0.1) is 0 Å². The van der Waals surface area contributed by atoms with E-state index in [1.807, 2.05) is 0 Å². The van der Waals surface area contributed by atoms with Crippen molar-refractivity contribution in [3.63, 3.8) is 0 Å². The standard InChI is InChI=1S/C15H31N3O2/c1-2-3-4-5-6-7-8-9-10-18-11-12-20-14(13-18)15(16)17-19/h14,19H,2-13H2,1H3,(H2,16,17). The van der Waals surface area contributed by atoms with E-state index in [0.717, 1.165) is 19.6 Å². The number of oxime groups is 1. The first-order valence-corrected chi connectivity index (χ1v) is 8.09. The van der Waals surface area contributed by atoms with Crippen molar-refractivity contribution in [3.05, 3.63) is 0 Å². The van der Waals surface area contributed by atoms with Crippen LogP contribution in [0.15, 0.2) is 5.16 Å². The molecule has 5 nitrogen and oxygen atoms in total. The van der Waals surface area contributed by atoms with E-state index in [1.54, 1.807) is 0 Å². The molecule has 0 aromatic heterocycles. The monoisotopic (exact) mass is 285 g/mol. The Labute approximate surface area is 123 Å². The molecule has 0 spiro atoms. The molecule has 3 N–H and O–H groups in total. The Morgan fingerprint density at radius 2 is 1.85 bits per heavy atom. The first-order valence-electron chi connectivity index (χ1n) is 8.09. The number of morpholine rings is 1. The lowest BCUT2D eigenvalue weighted by atomic mass is 10.1. The molecule has 1 saturated heterocycles. The van der Waals surface area contributed by atoms with E-state index in [4.69, 9.17) is 15.7 Å². The summed E-state index contributed by atoms with van der Waals surface area (Å²) < 4.78 is 5.49. The Kier molecular flexibility index (Phi) is 9.41. The molecular formula is C15H31N3O2. The first kappa shape index (κ1) is 17.2. The van der Waals surface area contributed by atoms with Gasteiger partial charge in [-0.3, -0.25) is 4.90 Å². The van der Waals surface area contributed by atoms with Gasteiger partial charge in [-0.1, -0.05) is 57.0 Å². The van der Waals surface area contributed by atoms with Crippen molar-refractivity contribution >= 4 is 5.84 Å². The van der Waals surface area contributed by atoms with Crippen LogP contribution in [0.1, 0.15) is 58.3 Å². The molecular weight excluding hydrogens is 254 g/mol. The average molecular weight is 285 g/mol. The summed E-state index contributed by atoms with van der Waals surface area (Å²) in [7, 11) is 0. The lowest BCUT2D eigenvalue weighted by molar-refractivity contribution is 0.00414. The third-order valence-corrected chi connectivity index (χ3v) is 3.92. The lowest BCUT2D eigenvalue weighted by Gasteiger charge is -2.32. The van der Waals surface area contributed by atoms with Crippen LogP contribution >= 0.6 is 0 Å². The maximum atomic E-state index is 8.67. The van der Waals surface area contributed by atoms with Gasteiger partial charge in [0.25, 0.3) is 0 Å². The minimum absolute atomic E-state index is 0.186. The predicted octanol–water partition coefficient (Wildman–Crippen LogP) is 2.57. The molecule has 20 heavy (non-hydrogen) atoms. The molecule has 1 atom stereocenters. The van der Waals surface area contributed by atoms with E-state index in [-0.39, 0.29) is 11.9 Å². The number of amidine groups is 1. The molecule has 1 unspecified atom stereocenters. The topological polar surface area (TPSA) is 71.1 Å². The van der Waals surface area contributed by atoms with E-state index in [9.17, 15) is 0 Å². The van der Waals surface area contributed by atoms with E-state index in [1.165, 1.54) is 51.4 Å². The highest BCUT2D eigenvalue weighted by Gasteiger charge is 2.23. The van der Waals surface area contributed by atoms with Crippen molar-refractivity contribution in [1.82, 2.24) is 4.90 Å². The van der Waals surface area contributed by atoms with Gasteiger partial charge >= 0.3 is 0 Å². The fourth-order valence-electron chi connectivity index (χ4n) is 2.62.